The monoisotopic (exact) mass is 701 g/mol. The van der Waals surface area contributed by atoms with Gasteiger partial charge in [0.25, 0.3) is 0 Å². The smallest absolute Gasteiger partial charge is 0.187 e. The van der Waals surface area contributed by atoms with Crippen molar-refractivity contribution in [1.29, 1.82) is 5.26 Å². The van der Waals surface area contributed by atoms with Crippen LogP contribution in [0.25, 0.3) is 38.2 Å². The fraction of sp³-hybridized carbons (Fsp3) is 0.0196. The minimum absolute atomic E-state index is 0.527. The van der Waals surface area contributed by atoms with Gasteiger partial charge in [0.05, 0.1) is 35.0 Å². The average Bonchev–Trinajstić information content (AvgIpc) is 3.26. The van der Waals surface area contributed by atoms with E-state index in [-0.39, 0.29) is 0 Å². The molecule has 4 heteroatoms. The Labute approximate surface area is 320 Å². The molecule has 0 bridgehead atoms. The van der Waals surface area contributed by atoms with Gasteiger partial charge in [-0.1, -0.05) is 115 Å². The molecule has 8 aromatic rings. The van der Waals surface area contributed by atoms with Gasteiger partial charge >= 0.3 is 0 Å². The van der Waals surface area contributed by atoms with Gasteiger partial charge in [0.2, 0.25) is 0 Å². The lowest BCUT2D eigenvalue weighted by Crippen LogP contribution is -2.39. The Morgan fingerprint density at radius 1 is 0.473 bits per heavy atom. The minimum atomic E-state index is -0.869. The Kier molecular flexibility index (Phi) is 7.44. The lowest BCUT2D eigenvalue weighted by atomic mass is 9.61. The molecule has 0 fully saturated rings. The minimum Gasteiger partial charge on any atom is -0.457 e. The van der Waals surface area contributed by atoms with Crippen LogP contribution in [0.1, 0.15) is 27.8 Å². The number of nitriles is 1. The molecule has 0 atom stereocenters. The molecule has 0 saturated carbocycles. The molecule has 8 aromatic carbocycles. The summed E-state index contributed by atoms with van der Waals surface area (Å²) in [5.41, 5.74) is 14.0. The maximum Gasteiger partial charge on any atom is 0.187 e. The fourth-order valence-electron chi connectivity index (χ4n) is 8.53. The highest BCUT2D eigenvalue weighted by Gasteiger charge is 2.51. The number of hydrogen-bond donors (Lipinski definition) is 0. The summed E-state index contributed by atoms with van der Waals surface area (Å²) in [5.74, 6) is 1.38. The van der Waals surface area contributed by atoms with Gasteiger partial charge in [0.1, 0.15) is 11.5 Å². The third-order valence-electron chi connectivity index (χ3n) is 10.9. The lowest BCUT2D eigenvalue weighted by molar-refractivity contribution is 0.434. The van der Waals surface area contributed by atoms with E-state index in [9.17, 15) is 5.26 Å². The predicted molar refractivity (Wildman–Crippen MR) is 220 cm³/mol. The van der Waals surface area contributed by atoms with Crippen LogP contribution in [0.4, 0.5) is 22.7 Å². The van der Waals surface area contributed by atoms with E-state index in [1.807, 2.05) is 30.3 Å². The summed E-state index contributed by atoms with van der Waals surface area (Å²) in [5, 5.41) is 10.1. The standard InChI is InChI=1S/C51H31N3O/c1-53-41-24-26-50-46(32-41)51(45-27-34(33-52)23-25-49(45)55-50)43-19-8-10-21-47(43)54(48-22-11-9-20-44(48)51)42-18-12-17-37(31-42)40-29-38(35-13-4-2-5-14-35)28-39(30-40)36-15-6-3-7-16-36/h2-32H. The van der Waals surface area contributed by atoms with E-state index in [2.05, 4.69) is 167 Å². The maximum atomic E-state index is 10.1. The average molecular weight is 702 g/mol. The summed E-state index contributed by atoms with van der Waals surface area (Å²) < 4.78 is 6.57. The van der Waals surface area contributed by atoms with E-state index >= 15 is 0 Å². The number of para-hydroxylation sites is 2. The summed E-state index contributed by atoms with van der Waals surface area (Å²) in [4.78, 5) is 6.19. The van der Waals surface area contributed by atoms with Gasteiger partial charge in [-0.3, -0.25) is 0 Å². The second-order valence-corrected chi connectivity index (χ2v) is 13.9. The number of benzene rings is 8. The van der Waals surface area contributed by atoms with Gasteiger partial charge in [-0.05, 0) is 117 Å². The lowest BCUT2D eigenvalue weighted by Gasteiger charge is -2.48. The molecule has 256 valence electrons. The SMILES string of the molecule is [C-]#[N+]c1ccc2c(c1)C1(c3cc(C#N)ccc3O2)c2ccccc2N(c2cccc(-c3cc(-c4ccccc4)cc(-c4ccccc4)c3)c2)c2ccccc21. The van der Waals surface area contributed by atoms with Crippen LogP contribution >= 0.6 is 0 Å². The van der Waals surface area contributed by atoms with E-state index < -0.39 is 5.41 Å². The van der Waals surface area contributed by atoms with E-state index in [4.69, 9.17) is 11.3 Å². The van der Waals surface area contributed by atoms with Crippen LogP contribution in [0, 0.1) is 17.9 Å². The highest BCUT2D eigenvalue weighted by molar-refractivity contribution is 5.92. The van der Waals surface area contributed by atoms with Crippen LogP contribution in [-0.2, 0) is 5.41 Å². The van der Waals surface area contributed by atoms with E-state index in [1.165, 1.54) is 11.1 Å². The molecule has 0 unspecified atom stereocenters. The summed E-state index contributed by atoms with van der Waals surface area (Å²) in [6.45, 7) is 7.95. The van der Waals surface area contributed by atoms with E-state index in [0.29, 0.717) is 22.7 Å². The largest absolute Gasteiger partial charge is 0.457 e. The third-order valence-corrected chi connectivity index (χ3v) is 10.9. The molecule has 10 rings (SSSR count). The topological polar surface area (TPSA) is 40.6 Å². The molecule has 2 aliphatic rings. The van der Waals surface area contributed by atoms with E-state index in [0.717, 1.165) is 61.6 Å². The Morgan fingerprint density at radius 2 is 1.00 bits per heavy atom. The van der Waals surface area contributed by atoms with Crippen molar-refractivity contribution in [3.8, 4) is 50.9 Å². The Balaban J connectivity index is 1.21. The van der Waals surface area contributed by atoms with Crippen molar-refractivity contribution >= 4 is 22.7 Å². The third kappa shape index (κ3) is 5.05. The van der Waals surface area contributed by atoms with Gasteiger partial charge in [0, 0.05) is 16.8 Å². The summed E-state index contributed by atoms with van der Waals surface area (Å²) in [6, 6.07) is 67.4. The Hall–Kier alpha value is -7.66. The number of anilines is 3. The van der Waals surface area contributed by atoms with Crippen LogP contribution in [0.15, 0.2) is 188 Å². The van der Waals surface area contributed by atoms with E-state index in [1.54, 1.807) is 6.07 Å². The van der Waals surface area contributed by atoms with Crippen molar-refractivity contribution in [2.45, 2.75) is 5.41 Å². The predicted octanol–water partition coefficient (Wildman–Crippen LogP) is 13.4. The zero-order valence-electron chi connectivity index (χ0n) is 29.6. The van der Waals surface area contributed by atoms with Crippen molar-refractivity contribution in [3.63, 3.8) is 0 Å². The quantitative estimate of drug-likeness (QED) is 0.172. The van der Waals surface area contributed by atoms with Crippen LogP contribution < -0.4 is 9.64 Å². The molecule has 0 amide bonds. The van der Waals surface area contributed by atoms with Gasteiger partial charge in [-0.15, -0.1) is 0 Å². The Morgan fingerprint density at radius 3 is 1.60 bits per heavy atom. The number of nitrogens with zero attached hydrogens (tertiary/aromatic N) is 3. The summed E-state index contributed by atoms with van der Waals surface area (Å²) in [6.07, 6.45) is 0. The van der Waals surface area contributed by atoms with Crippen LogP contribution in [-0.4, -0.2) is 0 Å². The second-order valence-electron chi connectivity index (χ2n) is 13.9. The summed E-state index contributed by atoms with van der Waals surface area (Å²) in [7, 11) is 0. The molecule has 2 aliphatic heterocycles. The fourth-order valence-corrected chi connectivity index (χ4v) is 8.53. The van der Waals surface area contributed by atoms with Crippen molar-refractivity contribution in [3.05, 3.63) is 227 Å². The molecular weight excluding hydrogens is 671 g/mol. The normalized spacial score (nSPS) is 12.9. The molecule has 0 aromatic heterocycles. The molecule has 1 spiro atoms. The first-order valence-electron chi connectivity index (χ1n) is 18.3. The number of hydrogen-bond acceptors (Lipinski definition) is 3. The van der Waals surface area contributed by atoms with Crippen LogP contribution in [0.5, 0.6) is 11.5 Å². The van der Waals surface area contributed by atoms with Gasteiger partial charge in [-0.25, -0.2) is 4.85 Å². The number of ether oxygens (including phenoxy) is 1. The first-order chi connectivity index (χ1) is 27.1. The first kappa shape index (κ1) is 32.0. The van der Waals surface area contributed by atoms with Gasteiger partial charge < -0.3 is 9.64 Å². The van der Waals surface area contributed by atoms with Crippen LogP contribution in [0.2, 0.25) is 0 Å². The van der Waals surface area contributed by atoms with Crippen molar-refractivity contribution in [2.24, 2.45) is 0 Å². The summed E-state index contributed by atoms with van der Waals surface area (Å²) >= 11 is 0. The zero-order valence-corrected chi connectivity index (χ0v) is 29.6. The van der Waals surface area contributed by atoms with Gasteiger partial charge in [0.15, 0.2) is 5.69 Å². The molecule has 2 heterocycles. The molecule has 0 saturated heterocycles. The second kappa shape index (κ2) is 12.8. The molecule has 55 heavy (non-hydrogen) atoms. The molecule has 0 aliphatic carbocycles. The molecule has 0 N–H and O–H groups in total. The van der Waals surface area contributed by atoms with Crippen LogP contribution in [0.3, 0.4) is 0 Å². The first-order valence-corrected chi connectivity index (χ1v) is 18.3. The highest BCUT2D eigenvalue weighted by atomic mass is 16.5. The molecule has 4 nitrogen and oxygen atoms in total. The molecule has 0 radical (unpaired) electrons. The highest BCUT2D eigenvalue weighted by Crippen LogP contribution is 2.63. The Bertz CT molecular complexity index is 2710. The molecular formula is C51H31N3O. The number of rotatable bonds is 4. The maximum absolute atomic E-state index is 10.1. The van der Waals surface area contributed by atoms with Gasteiger partial charge in [-0.2, -0.15) is 5.26 Å². The zero-order chi connectivity index (χ0) is 36.9. The van der Waals surface area contributed by atoms with Crippen molar-refractivity contribution in [1.82, 2.24) is 0 Å². The van der Waals surface area contributed by atoms with Crippen molar-refractivity contribution < 1.29 is 4.74 Å². The van der Waals surface area contributed by atoms with Crippen molar-refractivity contribution in [2.75, 3.05) is 4.90 Å². The number of fused-ring (bicyclic) bond motifs is 8.